The van der Waals surface area contributed by atoms with Crippen molar-refractivity contribution < 1.29 is 14.3 Å². The first-order chi connectivity index (χ1) is 12.5. The van der Waals surface area contributed by atoms with Crippen molar-refractivity contribution in [2.75, 3.05) is 19.0 Å². The molecule has 138 valence electrons. The van der Waals surface area contributed by atoms with Gasteiger partial charge in [0.15, 0.2) is 11.5 Å². The Balaban J connectivity index is 2.00. The standard InChI is InChI=1S/C22H27NO3/c1-5-14-26-20-12-6-17(15-21(20)25-4)7-13-22(24)23-19-10-8-18(9-11-19)16(2)3/h6-13,15-16H,5,14H2,1-4H3,(H,23,24)/b13-7+. The molecule has 0 aliphatic rings. The maximum Gasteiger partial charge on any atom is 0.248 e. The quantitative estimate of drug-likeness (QED) is 0.659. The summed E-state index contributed by atoms with van der Waals surface area (Å²) in [5.74, 6) is 1.66. The van der Waals surface area contributed by atoms with E-state index >= 15 is 0 Å². The SMILES string of the molecule is CCCOc1ccc(/C=C/C(=O)Nc2ccc(C(C)C)cc2)cc1OC. The Morgan fingerprint density at radius 2 is 1.85 bits per heavy atom. The minimum absolute atomic E-state index is 0.174. The van der Waals surface area contributed by atoms with E-state index in [0.717, 1.165) is 17.7 Å². The average molecular weight is 353 g/mol. The minimum atomic E-state index is -0.174. The Morgan fingerprint density at radius 3 is 2.46 bits per heavy atom. The Kier molecular flexibility index (Phi) is 7.27. The predicted molar refractivity (Wildman–Crippen MR) is 107 cm³/mol. The molecule has 0 saturated carbocycles. The van der Waals surface area contributed by atoms with Gasteiger partial charge in [0, 0.05) is 11.8 Å². The first-order valence-corrected chi connectivity index (χ1v) is 8.93. The maximum atomic E-state index is 12.1. The van der Waals surface area contributed by atoms with Gasteiger partial charge in [-0.3, -0.25) is 4.79 Å². The molecule has 1 amide bonds. The zero-order chi connectivity index (χ0) is 18.9. The van der Waals surface area contributed by atoms with E-state index in [-0.39, 0.29) is 5.91 Å². The third-order valence-electron chi connectivity index (χ3n) is 3.92. The smallest absolute Gasteiger partial charge is 0.248 e. The maximum absolute atomic E-state index is 12.1. The third-order valence-corrected chi connectivity index (χ3v) is 3.92. The van der Waals surface area contributed by atoms with E-state index in [2.05, 4.69) is 26.1 Å². The fourth-order valence-corrected chi connectivity index (χ4v) is 2.43. The Morgan fingerprint density at radius 1 is 1.12 bits per heavy atom. The van der Waals surface area contributed by atoms with E-state index in [4.69, 9.17) is 9.47 Å². The van der Waals surface area contributed by atoms with Gasteiger partial charge in [0.1, 0.15) is 0 Å². The normalized spacial score (nSPS) is 11.0. The summed E-state index contributed by atoms with van der Waals surface area (Å²) in [6, 6.07) is 13.5. The van der Waals surface area contributed by atoms with Crippen LogP contribution < -0.4 is 14.8 Å². The van der Waals surface area contributed by atoms with E-state index in [1.807, 2.05) is 42.5 Å². The molecule has 26 heavy (non-hydrogen) atoms. The lowest BCUT2D eigenvalue weighted by Gasteiger charge is -2.10. The number of hydrogen-bond donors (Lipinski definition) is 1. The van der Waals surface area contributed by atoms with Crippen LogP contribution in [0.25, 0.3) is 6.08 Å². The van der Waals surface area contributed by atoms with Crippen molar-refractivity contribution in [3.05, 3.63) is 59.7 Å². The Labute approximate surface area is 155 Å². The van der Waals surface area contributed by atoms with Gasteiger partial charge in [0.2, 0.25) is 5.91 Å². The van der Waals surface area contributed by atoms with Gasteiger partial charge >= 0.3 is 0 Å². The molecule has 0 heterocycles. The van der Waals surface area contributed by atoms with Crippen LogP contribution in [-0.4, -0.2) is 19.6 Å². The first-order valence-electron chi connectivity index (χ1n) is 8.93. The fourth-order valence-electron chi connectivity index (χ4n) is 2.43. The lowest BCUT2D eigenvalue weighted by atomic mass is 10.0. The van der Waals surface area contributed by atoms with E-state index in [1.54, 1.807) is 13.2 Å². The predicted octanol–water partition coefficient (Wildman–Crippen LogP) is 5.26. The largest absolute Gasteiger partial charge is 0.493 e. The summed E-state index contributed by atoms with van der Waals surface area (Å²) >= 11 is 0. The van der Waals surface area contributed by atoms with Gasteiger partial charge in [0.05, 0.1) is 13.7 Å². The summed E-state index contributed by atoms with van der Waals surface area (Å²) in [4.78, 5) is 12.1. The lowest BCUT2D eigenvalue weighted by Crippen LogP contribution is -2.07. The number of rotatable bonds is 8. The minimum Gasteiger partial charge on any atom is -0.493 e. The fraction of sp³-hybridized carbons (Fsp3) is 0.318. The second-order valence-corrected chi connectivity index (χ2v) is 6.36. The highest BCUT2D eigenvalue weighted by Gasteiger charge is 2.05. The van der Waals surface area contributed by atoms with E-state index in [9.17, 15) is 4.79 Å². The molecule has 0 aliphatic heterocycles. The highest BCUT2D eigenvalue weighted by atomic mass is 16.5. The number of ether oxygens (including phenoxy) is 2. The number of hydrogen-bond acceptors (Lipinski definition) is 3. The second kappa shape index (κ2) is 9.66. The van der Waals surface area contributed by atoms with Crippen molar-refractivity contribution in [3.63, 3.8) is 0 Å². The highest BCUT2D eigenvalue weighted by molar-refractivity contribution is 6.01. The van der Waals surface area contributed by atoms with Crippen LogP contribution in [0.15, 0.2) is 48.5 Å². The molecular weight excluding hydrogens is 326 g/mol. The molecule has 0 radical (unpaired) electrons. The molecule has 2 aromatic carbocycles. The molecule has 4 nitrogen and oxygen atoms in total. The van der Waals surface area contributed by atoms with Gasteiger partial charge in [-0.2, -0.15) is 0 Å². The van der Waals surface area contributed by atoms with Crippen LogP contribution in [0.5, 0.6) is 11.5 Å². The van der Waals surface area contributed by atoms with Crippen LogP contribution in [0.3, 0.4) is 0 Å². The van der Waals surface area contributed by atoms with E-state index in [0.29, 0.717) is 24.0 Å². The van der Waals surface area contributed by atoms with Gasteiger partial charge in [-0.15, -0.1) is 0 Å². The van der Waals surface area contributed by atoms with Crippen LogP contribution in [0, 0.1) is 0 Å². The van der Waals surface area contributed by atoms with Gasteiger partial charge < -0.3 is 14.8 Å². The number of carbonyl (C=O) groups is 1. The number of anilines is 1. The molecule has 0 fully saturated rings. The molecule has 0 unspecified atom stereocenters. The van der Waals surface area contributed by atoms with Crippen LogP contribution >= 0.6 is 0 Å². The Hall–Kier alpha value is -2.75. The molecule has 0 atom stereocenters. The van der Waals surface area contributed by atoms with Crippen molar-refractivity contribution in [2.45, 2.75) is 33.1 Å². The number of benzene rings is 2. The van der Waals surface area contributed by atoms with Crippen molar-refractivity contribution in [2.24, 2.45) is 0 Å². The third kappa shape index (κ3) is 5.66. The van der Waals surface area contributed by atoms with E-state index < -0.39 is 0 Å². The first kappa shape index (κ1) is 19.6. The highest BCUT2D eigenvalue weighted by Crippen LogP contribution is 2.28. The lowest BCUT2D eigenvalue weighted by molar-refractivity contribution is -0.111. The number of amides is 1. The molecular formula is C22H27NO3. The molecule has 0 bridgehead atoms. The number of methoxy groups -OCH3 is 1. The van der Waals surface area contributed by atoms with Crippen LogP contribution in [0.2, 0.25) is 0 Å². The average Bonchev–Trinajstić information content (AvgIpc) is 2.65. The molecule has 2 rings (SSSR count). The zero-order valence-corrected chi connectivity index (χ0v) is 15.9. The van der Waals surface area contributed by atoms with E-state index in [1.165, 1.54) is 11.6 Å². The topological polar surface area (TPSA) is 47.6 Å². The number of carbonyl (C=O) groups excluding carboxylic acids is 1. The molecule has 0 spiro atoms. The number of nitrogens with one attached hydrogen (secondary N) is 1. The summed E-state index contributed by atoms with van der Waals surface area (Å²) in [6.45, 7) is 6.98. The summed E-state index contributed by atoms with van der Waals surface area (Å²) in [5, 5.41) is 2.86. The van der Waals surface area contributed by atoms with Crippen molar-refractivity contribution in [3.8, 4) is 11.5 Å². The van der Waals surface area contributed by atoms with Crippen molar-refractivity contribution in [1.82, 2.24) is 0 Å². The molecule has 0 saturated heterocycles. The zero-order valence-electron chi connectivity index (χ0n) is 15.9. The molecule has 0 aliphatic carbocycles. The van der Waals surface area contributed by atoms with Crippen LogP contribution in [-0.2, 0) is 4.79 Å². The van der Waals surface area contributed by atoms with Crippen molar-refractivity contribution >= 4 is 17.7 Å². The van der Waals surface area contributed by atoms with Crippen LogP contribution in [0.4, 0.5) is 5.69 Å². The molecule has 2 aromatic rings. The van der Waals surface area contributed by atoms with Gasteiger partial charge in [-0.25, -0.2) is 0 Å². The molecule has 4 heteroatoms. The van der Waals surface area contributed by atoms with Crippen LogP contribution in [0.1, 0.15) is 44.2 Å². The monoisotopic (exact) mass is 353 g/mol. The van der Waals surface area contributed by atoms with Gasteiger partial charge in [-0.1, -0.05) is 39.0 Å². The van der Waals surface area contributed by atoms with Crippen molar-refractivity contribution in [1.29, 1.82) is 0 Å². The molecule has 0 aromatic heterocycles. The Bertz CT molecular complexity index is 748. The van der Waals surface area contributed by atoms with Gasteiger partial charge in [0.25, 0.3) is 0 Å². The summed E-state index contributed by atoms with van der Waals surface area (Å²) in [7, 11) is 1.61. The summed E-state index contributed by atoms with van der Waals surface area (Å²) < 4.78 is 11.0. The second-order valence-electron chi connectivity index (χ2n) is 6.36. The summed E-state index contributed by atoms with van der Waals surface area (Å²) in [5.41, 5.74) is 2.90. The molecule has 1 N–H and O–H groups in total. The summed E-state index contributed by atoms with van der Waals surface area (Å²) in [6.07, 6.45) is 4.20. The van der Waals surface area contributed by atoms with Gasteiger partial charge in [-0.05, 0) is 53.8 Å².